The minimum atomic E-state index is -0.344. The van der Waals surface area contributed by atoms with Gasteiger partial charge in [-0.1, -0.05) is 0 Å². The third-order valence-corrected chi connectivity index (χ3v) is 3.81. The number of nitrogens with one attached hydrogen (secondary N) is 3. The molecule has 0 atom stereocenters. The number of anilines is 1. The molecule has 1 aromatic heterocycles. The van der Waals surface area contributed by atoms with Crippen LogP contribution in [0.15, 0.2) is 34.6 Å². The lowest BCUT2D eigenvalue weighted by molar-refractivity contribution is -0.115. The zero-order valence-electron chi connectivity index (χ0n) is 13.3. The molecule has 0 aliphatic heterocycles. The molecule has 0 aliphatic carbocycles. The molecule has 0 radical (unpaired) electrons. The lowest BCUT2D eigenvalue weighted by atomic mass is 10.3. The van der Waals surface area contributed by atoms with Gasteiger partial charge < -0.3 is 16.0 Å². The van der Waals surface area contributed by atoms with E-state index in [1.807, 2.05) is 12.3 Å². The van der Waals surface area contributed by atoms with Gasteiger partial charge in [-0.05, 0) is 31.2 Å². The van der Waals surface area contributed by atoms with Crippen LogP contribution < -0.4 is 16.0 Å². The fourth-order valence-corrected chi connectivity index (χ4v) is 2.48. The summed E-state index contributed by atoms with van der Waals surface area (Å²) in [4.78, 5) is 20.2. The van der Waals surface area contributed by atoms with Crippen LogP contribution in [-0.2, 0) is 11.3 Å². The molecule has 3 N–H and O–H groups in total. The Morgan fingerprint density at radius 2 is 2.00 bits per heavy atom. The van der Waals surface area contributed by atoms with Crippen molar-refractivity contribution < 1.29 is 9.18 Å². The van der Waals surface area contributed by atoms with E-state index in [0.29, 0.717) is 18.2 Å². The number of aryl methyl sites for hydroxylation is 1. The molecular weight excluding hydrogens is 444 g/mol. The van der Waals surface area contributed by atoms with Gasteiger partial charge in [0.15, 0.2) is 5.96 Å². The molecule has 0 aliphatic rings. The monoisotopic (exact) mass is 463 g/mol. The molecule has 0 fully saturated rings. The Morgan fingerprint density at radius 3 is 2.58 bits per heavy atom. The summed E-state index contributed by atoms with van der Waals surface area (Å²) in [5.41, 5.74) is 1.52. The molecular formula is C15H19FIN5OS. The van der Waals surface area contributed by atoms with Crippen molar-refractivity contribution in [2.45, 2.75) is 13.5 Å². The lowest BCUT2D eigenvalue weighted by Gasteiger charge is -2.11. The Morgan fingerprint density at radius 1 is 1.29 bits per heavy atom. The van der Waals surface area contributed by atoms with E-state index in [1.165, 1.54) is 24.3 Å². The van der Waals surface area contributed by atoms with E-state index < -0.39 is 0 Å². The minimum Gasteiger partial charge on any atom is -0.350 e. The molecule has 2 rings (SSSR count). The first-order valence-electron chi connectivity index (χ1n) is 6.98. The Hall–Kier alpha value is -1.75. The Kier molecular flexibility index (Phi) is 8.61. The Labute approximate surface area is 161 Å². The van der Waals surface area contributed by atoms with Gasteiger partial charge in [-0.15, -0.1) is 35.3 Å². The molecule has 1 heterocycles. The Bertz CT molecular complexity index is 689. The summed E-state index contributed by atoms with van der Waals surface area (Å²) in [5, 5.41) is 11.6. The number of nitrogens with zero attached hydrogens (tertiary/aromatic N) is 2. The van der Waals surface area contributed by atoms with Crippen molar-refractivity contribution in [2.24, 2.45) is 4.99 Å². The molecule has 0 saturated carbocycles. The van der Waals surface area contributed by atoms with Crippen molar-refractivity contribution in [3.63, 3.8) is 0 Å². The highest BCUT2D eigenvalue weighted by atomic mass is 127. The molecule has 0 spiro atoms. The first-order chi connectivity index (χ1) is 11.1. The molecule has 2 aromatic rings. The number of aromatic nitrogens is 1. The molecule has 0 unspecified atom stereocenters. The first kappa shape index (κ1) is 20.3. The van der Waals surface area contributed by atoms with Gasteiger partial charge in [0.05, 0.1) is 13.1 Å². The summed E-state index contributed by atoms with van der Waals surface area (Å²) in [6.07, 6.45) is 0. The van der Waals surface area contributed by atoms with Crippen LogP contribution in [0.4, 0.5) is 10.1 Å². The highest BCUT2D eigenvalue weighted by molar-refractivity contribution is 14.0. The summed E-state index contributed by atoms with van der Waals surface area (Å²) in [7, 11) is 1.63. The predicted molar refractivity (Wildman–Crippen MR) is 105 cm³/mol. The number of halogens is 2. The van der Waals surface area contributed by atoms with E-state index in [-0.39, 0.29) is 42.2 Å². The molecule has 0 bridgehead atoms. The second-order valence-electron chi connectivity index (χ2n) is 4.72. The number of guanidine groups is 1. The van der Waals surface area contributed by atoms with Gasteiger partial charge in [0.2, 0.25) is 5.91 Å². The number of benzene rings is 1. The van der Waals surface area contributed by atoms with Crippen molar-refractivity contribution in [2.75, 3.05) is 18.9 Å². The number of aliphatic imine (C=N–C) groups is 1. The van der Waals surface area contributed by atoms with Crippen LogP contribution in [0, 0.1) is 12.7 Å². The first-order valence-corrected chi connectivity index (χ1v) is 7.85. The third kappa shape index (κ3) is 6.79. The lowest BCUT2D eigenvalue weighted by Crippen LogP contribution is -2.41. The van der Waals surface area contributed by atoms with Gasteiger partial charge in [-0.25, -0.2) is 9.37 Å². The highest BCUT2D eigenvalue weighted by Crippen LogP contribution is 2.08. The quantitative estimate of drug-likeness (QED) is 0.362. The van der Waals surface area contributed by atoms with Crippen LogP contribution in [0.1, 0.15) is 10.7 Å². The zero-order valence-corrected chi connectivity index (χ0v) is 16.4. The molecule has 24 heavy (non-hydrogen) atoms. The van der Waals surface area contributed by atoms with Gasteiger partial charge in [-0.2, -0.15) is 0 Å². The van der Waals surface area contributed by atoms with E-state index in [9.17, 15) is 9.18 Å². The summed E-state index contributed by atoms with van der Waals surface area (Å²) in [6, 6.07) is 5.59. The van der Waals surface area contributed by atoms with Crippen molar-refractivity contribution in [1.82, 2.24) is 15.6 Å². The topological polar surface area (TPSA) is 78.4 Å². The molecule has 1 amide bonds. The number of hydrogen-bond donors (Lipinski definition) is 3. The maximum absolute atomic E-state index is 12.8. The van der Waals surface area contributed by atoms with Crippen LogP contribution in [0.2, 0.25) is 0 Å². The largest absolute Gasteiger partial charge is 0.350 e. The standard InChI is InChI=1S/C15H18FN5OS.HI/c1-10-9-23-14(20-10)8-19-15(17-2)18-7-13(22)21-12-5-3-11(16)4-6-12;/h3-6,9H,7-8H2,1-2H3,(H,21,22)(H2,17,18,19);1H. The van der Waals surface area contributed by atoms with Gasteiger partial charge >= 0.3 is 0 Å². The fraction of sp³-hybridized carbons (Fsp3) is 0.267. The van der Waals surface area contributed by atoms with Gasteiger partial charge in [0.1, 0.15) is 10.8 Å². The van der Waals surface area contributed by atoms with Crippen LogP contribution in [0.5, 0.6) is 0 Å². The number of rotatable bonds is 5. The normalized spacial score (nSPS) is 10.7. The molecule has 6 nitrogen and oxygen atoms in total. The third-order valence-electron chi connectivity index (χ3n) is 2.84. The van der Waals surface area contributed by atoms with E-state index in [0.717, 1.165) is 10.7 Å². The summed E-state index contributed by atoms with van der Waals surface area (Å²) >= 11 is 1.56. The van der Waals surface area contributed by atoms with Crippen molar-refractivity contribution >= 4 is 52.9 Å². The number of thiazole rings is 1. The van der Waals surface area contributed by atoms with Crippen molar-refractivity contribution in [3.05, 3.63) is 46.2 Å². The van der Waals surface area contributed by atoms with E-state index in [2.05, 4.69) is 25.9 Å². The van der Waals surface area contributed by atoms with Gasteiger partial charge in [0.25, 0.3) is 0 Å². The predicted octanol–water partition coefficient (Wildman–Crippen LogP) is 2.51. The maximum atomic E-state index is 12.8. The second-order valence-corrected chi connectivity index (χ2v) is 5.66. The van der Waals surface area contributed by atoms with Gasteiger partial charge in [0, 0.05) is 23.8 Å². The fourth-order valence-electron chi connectivity index (χ4n) is 1.77. The zero-order chi connectivity index (χ0) is 16.7. The highest BCUT2D eigenvalue weighted by Gasteiger charge is 2.05. The molecule has 1 aromatic carbocycles. The average molecular weight is 463 g/mol. The van der Waals surface area contributed by atoms with Gasteiger partial charge in [-0.3, -0.25) is 9.79 Å². The van der Waals surface area contributed by atoms with Crippen LogP contribution in [0.3, 0.4) is 0 Å². The SMILES string of the molecule is CN=C(NCC(=O)Nc1ccc(F)cc1)NCc1nc(C)cs1.I. The number of amides is 1. The number of hydrogen-bond acceptors (Lipinski definition) is 4. The summed E-state index contributed by atoms with van der Waals surface area (Å²) in [5.74, 6) is -0.0834. The van der Waals surface area contributed by atoms with E-state index >= 15 is 0 Å². The van der Waals surface area contributed by atoms with Crippen molar-refractivity contribution in [3.8, 4) is 0 Å². The van der Waals surface area contributed by atoms with Crippen molar-refractivity contribution in [1.29, 1.82) is 0 Å². The number of carbonyl (C=O) groups is 1. The van der Waals surface area contributed by atoms with Crippen LogP contribution in [0.25, 0.3) is 0 Å². The summed E-state index contributed by atoms with van der Waals surface area (Å²) < 4.78 is 12.8. The summed E-state index contributed by atoms with van der Waals surface area (Å²) in [6.45, 7) is 2.53. The van der Waals surface area contributed by atoms with E-state index in [4.69, 9.17) is 0 Å². The molecule has 9 heteroatoms. The van der Waals surface area contributed by atoms with E-state index in [1.54, 1.807) is 18.4 Å². The Balaban J connectivity index is 0.00000288. The average Bonchev–Trinajstić information content (AvgIpc) is 2.95. The minimum absolute atomic E-state index is 0. The van der Waals surface area contributed by atoms with Crippen LogP contribution in [-0.4, -0.2) is 30.4 Å². The smallest absolute Gasteiger partial charge is 0.243 e. The second kappa shape index (κ2) is 10.2. The molecule has 0 saturated heterocycles. The number of carbonyl (C=O) groups excluding carboxylic acids is 1. The molecule has 130 valence electrons. The van der Waals surface area contributed by atoms with Crippen LogP contribution >= 0.6 is 35.3 Å². The maximum Gasteiger partial charge on any atom is 0.243 e.